The maximum Gasteiger partial charge on any atom is 0.249 e. The van der Waals surface area contributed by atoms with E-state index in [0.717, 1.165) is 5.56 Å². The van der Waals surface area contributed by atoms with Crippen LogP contribution < -0.4 is 5.32 Å². The number of benzene rings is 1. The Hall–Kier alpha value is -2.63. The molecule has 26 heavy (non-hydrogen) atoms. The van der Waals surface area contributed by atoms with Gasteiger partial charge >= 0.3 is 0 Å². The molecule has 142 valence electrons. The van der Waals surface area contributed by atoms with E-state index in [2.05, 4.69) is 5.32 Å². The average Bonchev–Trinajstić information content (AvgIpc) is 2.63. The first kappa shape index (κ1) is 21.4. The molecule has 1 aromatic rings. The number of hydrogen-bond acceptors (Lipinski definition) is 3. The van der Waals surface area contributed by atoms with Gasteiger partial charge in [-0.3, -0.25) is 14.4 Å². The summed E-state index contributed by atoms with van der Waals surface area (Å²) in [6.45, 7) is 6.21. The number of rotatable bonds is 9. The van der Waals surface area contributed by atoms with Crippen LogP contribution in [0.15, 0.2) is 42.0 Å². The van der Waals surface area contributed by atoms with Crippen molar-refractivity contribution in [3.63, 3.8) is 0 Å². The third-order valence-electron chi connectivity index (χ3n) is 4.23. The third kappa shape index (κ3) is 6.35. The van der Waals surface area contributed by atoms with Gasteiger partial charge in [-0.15, -0.1) is 0 Å². The molecule has 0 bridgehead atoms. The molecule has 0 unspecified atom stereocenters. The maximum absolute atomic E-state index is 12.7. The highest BCUT2D eigenvalue weighted by atomic mass is 16.2. The van der Waals surface area contributed by atoms with Gasteiger partial charge in [-0.25, -0.2) is 0 Å². The number of nitrogens with zero attached hydrogens (tertiary/aromatic N) is 2. The molecular weight excluding hydrogens is 330 g/mol. The molecule has 1 N–H and O–H groups in total. The quantitative estimate of drug-likeness (QED) is 0.540. The fraction of sp³-hybridized carbons (Fsp3) is 0.450. The zero-order chi connectivity index (χ0) is 19.7. The molecule has 1 aromatic carbocycles. The van der Waals surface area contributed by atoms with Crippen LogP contribution in [0.3, 0.4) is 0 Å². The Morgan fingerprint density at radius 1 is 1.15 bits per heavy atom. The highest BCUT2D eigenvalue weighted by Gasteiger charge is 2.22. The first-order valence-corrected chi connectivity index (χ1v) is 8.68. The molecule has 0 aliphatic heterocycles. The van der Waals surface area contributed by atoms with Gasteiger partial charge in [0.2, 0.25) is 18.2 Å². The van der Waals surface area contributed by atoms with Gasteiger partial charge in [0.15, 0.2) is 0 Å². The molecule has 6 heteroatoms. The summed E-state index contributed by atoms with van der Waals surface area (Å²) in [7, 11) is 3.45. The van der Waals surface area contributed by atoms with Crippen LogP contribution in [0.25, 0.3) is 0 Å². The van der Waals surface area contributed by atoms with E-state index in [1.165, 1.54) is 0 Å². The minimum Gasteiger partial charge on any atom is -0.350 e. The lowest BCUT2D eigenvalue weighted by Crippen LogP contribution is -2.43. The highest BCUT2D eigenvalue weighted by Crippen LogP contribution is 2.15. The highest BCUT2D eigenvalue weighted by molar-refractivity contribution is 5.92. The summed E-state index contributed by atoms with van der Waals surface area (Å²) in [4.78, 5) is 38.4. The summed E-state index contributed by atoms with van der Waals surface area (Å²) < 4.78 is 0. The second kappa shape index (κ2) is 10.4. The molecular formula is C20H29N3O3. The average molecular weight is 359 g/mol. The molecule has 0 heterocycles. The van der Waals surface area contributed by atoms with Gasteiger partial charge in [0.05, 0.1) is 12.6 Å². The number of nitrogens with one attached hydrogen (secondary N) is 1. The first-order valence-electron chi connectivity index (χ1n) is 8.68. The molecule has 1 rings (SSSR count). The van der Waals surface area contributed by atoms with E-state index in [1.54, 1.807) is 30.8 Å². The molecule has 6 nitrogen and oxygen atoms in total. The van der Waals surface area contributed by atoms with Gasteiger partial charge in [0.1, 0.15) is 0 Å². The Morgan fingerprint density at radius 3 is 2.31 bits per heavy atom. The van der Waals surface area contributed by atoms with Crippen LogP contribution in [0, 0.1) is 5.92 Å². The Kier molecular flexibility index (Phi) is 8.55. The van der Waals surface area contributed by atoms with Gasteiger partial charge in [-0.1, -0.05) is 50.3 Å². The molecule has 0 saturated carbocycles. The van der Waals surface area contributed by atoms with Crippen molar-refractivity contribution in [1.82, 2.24) is 15.1 Å². The van der Waals surface area contributed by atoms with Crippen molar-refractivity contribution in [3.05, 3.63) is 47.5 Å². The van der Waals surface area contributed by atoms with Crippen LogP contribution in [-0.4, -0.2) is 54.7 Å². The van der Waals surface area contributed by atoms with E-state index >= 15 is 0 Å². The monoisotopic (exact) mass is 359 g/mol. The molecule has 0 aromatic heterocycles. The predicted octanol–water partition coefficient (Wildman–Crippen LogP) is 1.82. The van der Waals surface area contributed by atoms with Crippen LogP contribution in [0.1, 0.15) is 26.3 Å². The van der Waals surface area contributed by atoms with E-state index in [0.29, 0.717) is 18.5 Å². The molecule has 0 fully saturated rings. The van der Waals surface area contributed by atoms with Crippen LogP contribution in [0.2, 0.25) is 0 Å². The predicted molar refractivity (Wildman–Crippen MR) is 102 cm³/mol. The van der Waals surface area contributed by atoms with Crippen LogP contribution in [-0.2, 0) is 20.9 Å². The molecule has 3 amide bonds. The summed E-state index contributed by atoms with van der Waals surface area (Å²) in [5, 5.41) is 2.38. The maximum atomic E-state index is 12.7. The van der Waals surface area contributed by atoms with Gasteiger partial charge in [0.25, 0.3) is 0 Å². The lowest BCUT2D eigenvalue weighted by molar-refractivity contribution is -0.132. The first-order chi connectivity index (χ1) is 12.3. The van der Waals surface area contributed by atoms with E-state index in [9.17, 15) is 14.4 Å². The normalized spacial score (nSPS) is 12.5. The third-order valence-corrected chi connectivity index (χ3v) is 4.23. The Bertz CT molecular complexity index is 641. The van der Waals surface area contributed by atoms with Gasteiger partial charge in [-0.05, 0) is 18.4 Å². The van der Waals surface area contributed by atoms with Crippen molar-refractivity contribution < 1.29 is 14.4 Å². The minimum atomic E-state index is -0.231. The topological polar surface area (TPSA) is 69.7 Å². The number of likely N-dealkylation sites (N-methyl/N-ethyl adjacent to an activating group) is 2. The van der Waals surface area contributed by atoms with Gasteiger partial charge < -0.3 is 15.1 Å². The van der Waals surface area contributed by atoms with Crippen LogP contribution in [0.5, 0.6) is 0 Å². The smallest absolute Gasteiger partial charge is 0.249 e. The van der Waals surface area contributed by atoms with Crippen LogP contribution >= 0.6 is 0 Å². The number of carbonyl (C=O) groups is 3. The van der Waals surface area contributed by atoms with E-state index < -0.39 is 0 Å². The van der Waals surface area contributed by atoms with Gasteiger partial charge in [0, 0.05) is 26.2 Å². The molecule has 0 spiro atoms. The Balaban J connectivity index is 2.85. The van der Waals surface area contributed by atoms with Crippen molar-refractivity contribution >= 4 is 18.2 Å². The summed E-state index contributed by atoms with van der Waals surface area (Å²) in [5.41, 5.74) is 1.65. The Morgan fingerprint density at radius 2 is 1.77 bits per heavy atom. The van der Waals surface area contributed by atoms with Crippen molar-refractivity contribution in [1.29, 1.82) is 0 Å². The number of carbonyl (C=O) groups excluding carboxylic acids is 3. The lowest BCUT2D eigenvalue weighted by atomic mass is 9.99. The van der Waals surface area contributed by atoms with E-state index in [4.69, 9.17) is 0 Å². The molecule has 1 atom stereocenters. The molecule has 0 saturated heterocycles. The standard InChI is InChI=1S/C20H29N3O3/c1-15(2)18(23(5)19(25)12-21-14-24)11-16(3)20(26)22(4)13-17-9-7-6-8-10-17/h6-11,14-15,18H,12-13H2,1-5H3,(H,21,24)/t18-/m1/s1. The molecule has 0 aliphatic carbocycles. The Labute approximate surface area is 155 Å². The fourth-order valence-electron chi connectivity index (χ4n) is 2.73. The van der Waals surface area contributed by atoms with Crippen molar-refractivity contribution in [3.8, 4) is 0 Å². The second-order valence-corrected chi connectivity index (χ2v) is 6.73. The van der Waals surface area contributed by atoms with E-state index in [1.807, 2.05) is 50.3 Å². The molecule has 0 radical (unpaired) electrons. The van der Waals surface area contributed by atoms with Crippen molar-refractivity contribution in [2.45, 2.75) is 33.4 Å². The summed E-state index contributed by atoms with van der Waals surface area (Å²) in [5.74, 6) is -0.154. The summed E-state index contributed by atoms with van der Waals surface area (Å²) >= 11 is 0. The second-order valence-electron chi connectivity index (χ2n) is 6.73. The minimum absolute atomic E-state index is 0.0576. The zero-order valence-electron chi connectivity index (χ0n) is 16.2. The fourth-order valence-corrected chi connectivity index (χ4v) is 2.73. The largest absolute Gasteiger partial charge is 0.350 e. The zero-order valence-corrected chi connectivity index (χ0v) is 16.2. The van der Waals surface area contributed by atoms with Crippen molar-refractivity contribution in [2.24, 2.45) is 5.92 Å². The number of amides is 3. The lowest BCUT2D eigenvalue weighted by Gasteiger charge is -2.30. The van der Waals surface area contributed by atoms with Gasteiger partial charge in [-0.2, -0.15) is 0 Å². The number of hydrogen-bond donors (Lipinski definition) is 1. The molecule has 0 aliphatic rings. The van der Waals surface area contributed by atoms with Crippen LogP contribution in [0.4, 0.5) is 0 Å². The SMILES string of the molecule is CC(=C[C@H](C(C)C)N(C)C(=O)CNC=O)C(=O)N(C)Cc1ccccc1. The van der Waals surface area contributed by atoms with E-state index in [-0.39, 0.29) is 30.3 Å². The summed E-state index contributed by atoms with van der Waals surface area (Å²) in [6, 6.07) is 9.55. The van der Waals surface area contributed by atoms with Crippen molar-refractivity contribution in [2.75, 3.05) is 20.6 Å². The summed E-state index contributed by atoms with van der Waals surface area (Å²) in [6.07, 6.45) is 2.33.